The van der Waals surface area contributed by atoms with Crippen LogP contribution in [0.5, 0.6) is 0 Å². The Kier molecular flexibility index (Phi) is 11.1. The Balaban J connectivity index is 0.000000416. The molecule has 0 saturated carbocycles. The molecule has 2 aromatic carbocycles. The van der Waals surface area contributed by atoms with Crippen LogP contribution in [0, 0.1) is 0 Å². The molecule has 172 valence electrons. The van der Waals surface area contributed by atoms with Gasteiger partial charge in [0.2, 0.25) is 11.8 Å². The summed E-state index contributed by atoms with van der Waals surface area (Å²) in [5.41, 5.74) is 0. The van der Waals surface area contributed by atoms with E-state index in [1.165, 1.54) is 17.7 Å². The second kappa shape index (κ2) is 13.5. The topological polar surface area (TPSA) is 139 Å². The molecule has 0 saturated heterocycles. The summed E-state index contributed by atoms with van der Waals surface area (Å²) in [5, 5.41) is 16.0. The summed E-state index contributed by atoms with van der Waals surface area (Å²) in [5.74, 6) is -3.85. The van der Waals surface area contributed by atoms with Gasteiger partial charge in [0.25, 0.3) is 0 Å². The molecule has 2 aromatic rings. The third-order valence-electron chi connectivity index (χ3n) is 4.26. The van der Waals surface area contributed by atoms with Crippen LogP contribution < -0.4 is 10.6 Å². The smallest absolute Gasteiger partial charge is 0.305 e. The van der Waals surface area contributed by atoms with Crippen molar-refractivity contribution in [1.82, 2.24) is 10.6 Å². The number of carboxylic acid groups (broad SMARTS) is 1. The van der Waals surface area contributed by atoms with Crippen molar-refractivity contribution in [3.05, 3.63) is 48.5 Å². The van der Waals surface area contributed by atoms with Gasteiger partial charge in [-0.15, -0.1) is 0 Å². The fourth-order valence-corrected chi connectivity index (χ4v) is 2.70. The van der Waals surface area contributed by atoms with Gasteiger partial charge in [0, 0.05) is 13.8 Å². The molecule has 0 heterocycles. The molecule has 0 aliphatic heterocycles. The minimum Gasteiger partial charge on any atom is -0.481 e. The number of hydrogen-bond acceptors (Lipinski definition) is 6. The third-order valence-corrected chi connectivity index (χ3v) is 4.26. The van der Waals surface area contributed by atoms with Gasteiger partial charge in [-0.1, -0.05) is 55.5 Å². The van der Waals surface area contributed by atoms with Gasteiger partial charge in [-0.25, -0.2) is 0 Å². The Hall–Kier alpha value is -3.75. The van der Waals surface area contributed by atoms with Crippen molar-refractivity contribution in [3.8, 4) is 0 Å². The predicted molar refractivity (Wildman–Crippen MR) is 118 cm³/mol. The van der Waals surface area contributed by atoms with Crippen molar-refractivity contribution in [2.75, 3.05) is 6.61 Å². The lowest BCUT2D eigenvalue weighted by atomic mass is 10.1. The first-order valence-corrected chi connectivity index (χ1v) is 10.0. The van der Waals surface area contributed by atoms with E-state index >= 15 is 0 Å². The van der Waals surface area contributed by atoms with E-state index in [4.69, 9.17) is 5.11 Å². The third kappa shape index (κ3) is 9.84. The summed E-state index contributed by atoms with van der Waals surface area (Å²) in [4.78, 5) is 56.2. The number of benzene rings is 2. The SMILES string of the molecule is CCC(NC(C)=O)C(=O)NC(CC(=O)O)C(=O)COC(C)=O.c1ccc2ccccc2c1. The number of rotatable bonds is 9. The number of Topliss-reactive ketones (excluding diaryl/α,β-unsaturated/α-hetero) is 1. The van der Waals surface area contributed by atoms with E-state index in [2.05, 4.69) is 63.9 Å². The van der Waals surface area contributed by atoms with Crippen LogP contribution in [-0.2, 0) is 28.7 Å². The second-order valence-electron chi connectivity index (χ2n) is 6.91. The van der Waals surface area contributed by atoms with Gasteiger partial charge in [0.05, 0.1) is 6.42 Å². The van der Waals surface area contributed by atoms with E-state index in [1.54, 1.807) is 6.92 Å². The van der Waals surface area contributed by atoms with Crippen LogP contribution in [0.4, 0.5) is 0 Å². The van der Waals surface area contributed by atoms with Crippen LogP contribution in [0.1, 0.15) is 33.6 Å². The molecule has 2 amide bonds. The van der Waals surface area contributed by atoms with Crippen LogP contribution in [0.2, 0.25) is 0 Å². The highest BCUT2D eigenvalue weighted by atomic mass is 16.5. The Morgan fingerprint density at radius 2 is 1.38 bits per heavy atom. The number of amides is 2. The van der Waals surface area contributed by atoms with Gasteiger partial charge in [-0.3, -0.25) is 24.0 Å². The van der Waals surface area contributed by atoms with E-state index in [9.17, 15) is 24.0 Å². The first kappa shape index (κ1) is 26.3. The van der Waals surface area contributed by atoms with E-state index in [1.807, 2.05) is 0 Å². The normalized spacial score (nSPS) is 11.8. The zero-order valence-electron chi connectivity index (χ0n) is 18.3. The molecule has 0 radical (unpaired) electrons. The zero-order valence-corrected chi connectivity index (χ0v) is 18.3. The number of carbonyl (C=O) groups is 5. The summed E-state index contributed by atoms with van der Waals surface area (Å²) in [6.45, 7) is 3.34. The van der Waals surface area contributed by atoms with Crippen LogP contribution in [0.15, 0.2) is 48.5 Å². The minimum absolute atomic E-state index is 0.267. The number of aliphatic carboxylic acids is 1. The second-order valence-corrected chi connectivity index (χ2v) is 6.91. The molecule has 0 spiro atoms. The van der Waals surface area contributed by atoms with Gasteiger partial charge >= 0.3 is 11.9 Å². The average Bonchev–Trinajstić information content (AvgIpc) is 2.75. The molecular weight excluding hydrogens is 416 g/mol. The van der Waals surface area contributed by atoms with Crippen molar-refractivity contribution in [2.24, 2.45) is 0 Å². The Bertz CT molecular complexity index is 893. The fourth-order valence-electron chi connectivity index (χ4n) is 2.70. The first-order valence-electron chi connectivity index (χ1n) is 10.0. The molecule has 2 rings (SSSR count). The van der Waals surface area contributed by atoms with E-state index in [0.717, 1.165) is 6.92 Å². The lowest BCUT2D eigenvalue weighted by molar-refractivity contribution is -0.147. The molecular formula is C23H28N2O7. The Morgan fingerprint density at radius 3 is 1.75 bits per heavy atom. The Morgan fingerprint density at radius 1 is 0.875 bits per heavy atom. The van der Waals surface area contributed by atoms with Crippen LogP contribution in [0.3, 0.4) is 0 Å². The number of hydrogen-bond donors (Lipinski definition) is 3. The highest BCUT2D eigenvalue weighted by molar-refractivity contribution is 5.95. The number of ether oxygens (including phenoxy) is 1. The Labute approximate surface area is 186 Å². The summed E-state index contributed by atoms with van der Waals surface area (Å²) in [6, 6.07) is 14.5. The number of ketones is 1. The van der Waals surface area contributed by atoms with Gasteiger partial charge in [0.15, 0.2) is 12.4 Å². The highest BCUT2D eigenvalue weighted by Gasteiger charge is 2.27. The first-order chi connectivity index (χ1) is 15.1. The van der Waals surface area contributed by atoms with Crippen molar-refractivity contribution in [2.45, 2.75) is 45.7 Å². The largest absolute Gasteiger partial charge is 0.481 e. The van der Waals surface area contributed by atoms with Crippen molar-refractivity contribution in [3.63, 3.8) is 0 Å². The molecule has 2 atom stereocenters. The molecule has 0 aromatic heterocycles. The molecule has 2 unspecified atom stereocenters. The summed E-state index contributed by atoms with van der Waals surface area (Å²) < 4.78 is 4.50. The number of fused-ring (bicyclic) bond motifs is 1. The quantitative estimate of drug-likeness (QED) is 0.502. The standard InChI is InChI=1S/C13H20N2O7.C10H8/c1-4-9(14-7(2)16)13(21)15-10(5-12(19)20)11(18)6-22-8(3)17;1-2-6-10-8-4-3-7-9(10)5-1/h9-10H,4-6H2,1-3H3,(H,14,16)(H,15,21)(H,19,20);1-8H. The maximum absolute atomic E-state index is 12.0. The van der Waals surface area contributed by atoms with Crippen LogP contribution in [-0.4, -0.2) is 53.3 Å². The van der Waals surface area contributed by atoms with Crippen LogP contribution in [0.25, 0.3) is 10.8 Å². The monoisotopic (exact) mass is 444 g/mol. The molecule has 9 nitrogen and oxygen atoms in total. The fraction of sp³-hybridized carbons (Fsp3) is 0.348. The van der Waals surface area contributed by atoms with E-state index in [0.29, 0.717) is 0 Å². The minimum atomic E-state index is -1.34. The lowest BCUT2D eigenvalue weighted by Gasteiger charge is -2.20. The number of carbonyl (C=O) groups excluding carboxylic acids is 4. The van der Waals surface area contributed by atoms with Crippen LogP contribution >= 0.6 is 0 Å². The lowest BCUT2D eigenvalue weighted by Crippen LogP contribution is -2.52. The zero-order chi connectivity index (χ0) is 24.1. The summed E-state index contributed by atoms with van der Waals surface area (Å²) in [6.07, 6.45) is -0.383. The van der Waals surface area contributed by atoms with E-state index in [-0.39, 0.29) is 6.42 Å². The van der Waals surface area contributed by atoms with Crippen molar-refractivity contribution < 1.29 is 33.8 Å². The molecule has 9 heteroatoms. The molecule has 3 N–H and O–H groups in total. The summed E-state index contributed by atoms with van der Waals surface area (Å²) in [7, 11) is 0. The molecule has 0 aliphatic carbocycles. The maximum atomic E-state index is 12.0. The molecule has 0 fully saturated rings. The van der Waals surface area contributed by atoms with Gasteiger partial charge < -0.3 is 20.5 Å². The molecule has 0 bridgehead atoms. The number of esters is 1. The number of carboxylic acids is 1. The maximum Gasteiger partial charge on any atom is 0.305 e. The highest BCUT2D eigenvalue weighted by Crippen LogP contribution is 2.11. The van der Waals surface area contributed by atoms with Gasteiger partial charge in [-0.05, 0) is 17.2 Å². The number of nitrogens with one attached hydrogen (secondary N) is 2. The predicted octanol–water partition coefficient (Wildman–Crippen LogP) is 1.83. The molecule has 32 heavy (non-hydrogen) atoms. The molecule has 0 aliphatic rings. The van der Waals surface area contributed by atoms with Gasteiger partial charge in [0.1, 0.15) is 12.1 Å². The van der Waals surface area contributed by atoms with Crippen molar-refractivity contribution in [1.29, 1.82) is 0 Å². The van der Waals surface area contributed by atoms with Gasteiger partial charge in [-0.2, -0.15) is 0 Å². The van der Waals surface area contributed by atoms with Crippen molar-refractivity contribution >= 4 is 40.3 Å². The summed E-state index contributed by atoms with van der Waals surface area (Å²) >= 11 is 0. The van der Waals surface area contributed by atoms with E-state index < -0.39 is 54.6 Å². The average molecular weight is 444 g/mol.